The molecule has 0 atom stereocenters. The van der Waals surface area contributed by atoms with Gasteiger partial charge in [0.1, 0.15) is 5.82 Å². The number of hydrogen-bond acceptors (Lipinski definition) is 3. The van der Waals surface area contributed by atoms with Crippen LogP contribution in [0.5, 0.6) is 5.88 Å². The molecule has 1 aromatic rings. The van der Waals surface area contributed by atoms with Crippen LogP contribution < -0.4 is 10.5 Å². The van der Waals surface area contributed by atoms with E-state index >= 15 is 0 Å². The van der Waals surface area contributed by atoms with Crippen LogP contribution >= 0.6 is 0 Å². The van der Waals surface area contributed by atoms with Gasteiger partial charge in [-0.05, 0) is 12.8 Å². The molecule has 0 radical (unpaired) electrons. The van der Waals surface area contributed by atoms with Crippen LogP contribution in [0.3, 0.4) is 0 Å². The molecule has 1 aliphatic carbocycles. The molecule has 0 aliphatic heterocycles. The predicted molar refractivity (Wildman–Crippen MR) is 45.8 cm³/mol. The molecule has 0 amide bonds. The van der Waals surface area contributed by atoms with Crippen molar-refractivity contribution in [2.24, 2.45) is 5.73 Å². The van der Waals surface area contributed by atoms with Gasteiger partial charge in [0.2, 0.25) is 5.88 Å². The lowest BCUT2D eigenvalue weighted by Crippen LogP contribution is -2.20. The molecule has 2 N–H and O–H groups in total. The minimum atomic E-state index is -0.472. The molecule has 4 heteroatoms. The summed E-state index contributed by atoms with van der Waals surface area (Å²) in [5, 5.41) is 0. The second-order valence-electron chi connectivity index (χ2n) is 3.36. The van der Waals surface area contributed by atoms with Gasteiger partial charge >= 0.3 is 0 Å². The van der Waals surface area contributed by atoms with Gasteiger partial charge in [0.25, 0.3) is 0 Å². The van der Waals surface area contributed by atoms with Crippen molar-refractivity contribution in [2.75, 3.05) is 7.11 Å². The van der Waals surface area contributed by atoms with Gasteiger partial charge in [0.05, 0.1) is 13.3 Å². The minimum absolute atomic E-state index is 0.346. The van der Waals surface area contributed by atoms with E-state index in [-0.39, 0.29) is 5.82 Å². The van der Waals surface area contributed by atoms with Crippen LogP contribution in [0, 0.1) is 5.82 Å². The lowest BCUT2D eigenvalue weighted by Gasteiger charge is -2.10. The summed E-state index contributed by atoms with van der Waals surface area (Å²) >= 11 is 0. The number of ether oxygens (including phenoxy) is 1. The van der Waals surface area contributed by atoms with Crippen molar-refractivity contribution in [2.45, 2.75) is 18.4 Å². The van der Waals surface area contributed by atoms with E-state index in [9.17, 15) is 4.39 Å². The topological polar surface area (TPSA) is 48.1 Å². The van der Waals surface area contributed by atoms with Crippen LogP contribution in [-0.2, 0) is 5.54 Å². The zero-order valence-electron chi connectivity index (χ0n) is 7.38. The first-order chi connectivity index (χ1) is 6.15. The highest BCUT2D eigenvalue weighted by atomic mass is 19.1. The van der Waals surface area contributed by atoms with Crippen molar-refractivity contribution < 1.29 is 9.13 Å². The van der Waals surface area contributed by atoms with Crippen molar-refractivity contribution in [1.29, 1.82) is 0 Å². The Morgan fingerprint density at radius 3 is 2.85 bits per heavy atom. The van der Waals surface area contributed by atoms with E-state index in [1.807, 2.05) is 0 Å². The summed E-state index contributed by atoms with van der Waals surface area (Å²) in [7, 11) is 1.50. The van der Waals surface area contributed by atoms with E-state index < -0.39 is 5.54 Å². The lowest BCUT2D eigenvalue weighted by atomic mass is 10.1. The lowest BCUT2D eigenvalue weighted by molar-refractivity contribution is 0.393. The Labute approximate surface area is 75.7 Å². The maximum atomic E-state index is 13.2. The molecular weight excluding hydrogens is 171 g/mol. The van der Waals surface area contributed by atoms with E-state index in [0.717, 1.165) is 19.0 Å². The van der Waals surface area contributed by atoms with Crippen LogP contribution in [0.1, 0.15) is 18.4 Å². The molecule has 1 saturated carbocycles. The summed E-state index contributed by atoms with van der Waals surface area (Å²) < 4.78 is 18.1. The highest BCUT2D eigenvalue weighted by Crippen LogP contribution is 2.44. The SMILES string of the molecule is COc1cc(C2(N)CC2)c(F)cn1. The van der Waals surface area contributed by atoms with Crippen molar-refractivity contribution >= 4 is 0 Å². The number of hydrogen-bond donors (Lipinski definition) is 1. The maximum Gasteiger partial charge on any atom is 0.213 e. The third-order valence-electron chi connectivity index (χ3n) is 2.36. The van der Waals surface area contributed by atoms with Gasteiger partial charge in [-0.1, -0.05) is 0 Å². The van der Waals surface area contributed by atoms with Crippen LogP contribution in [0.25, 0.3) is 0 Å². The largest absolute Gasteiger partial charge is 0.481 e. The zero-order valence-corrected chi connectivity index (χ0v) is 7.38. The van der Waals surface area contributed by atoms with Gasteiger partial charge in [-0.25, -0.2) is 9.37 Å². The summed E-state index contributed by atoms with van der Waals surface area (Å²) in [6.45, 7) is 0. The Kier molecular flexibility index (Phi) is 1.73. The second kappa shape index (κ2) is 2.67. The molecule has 3 nitrogen and oxygen atoms in total. The fourth-order valence-corrected chi connectivity index (χ4v) is 1.32. The van der Waals surface area contributed by atoms with Crippen LogP contribution in [0.2, 0.25) is 0 Å². The third-order valence-corrected chi connectivity index (χ3v) is 2.36. The van der Waals surface area contributed by atoms with E-state index in [0.29, 0.717) is 11.4 Å². The number of pyridine rings is 1. The van der Waals surface area contributed by atoms with Gasteiger partial charge in [-0.15, -0.1) is 0 Å². The monoisotopic (exact) mass is 182 g/mol. The Bertz CT molecular complexity index is 336. The van der Waals surface area contributed by atoms with Crippen molar-refractivity contribution in [1.82, 2.24) is 4.98 Å². The van der Waals surface area contributed by atoms with Gasteiger partial charge in [-0.2, -0.15) is 0 Å². The van der Waals surface area contributed by atoms with Crippen molar-refractivity contribution in [3.05, 3.63) is 23.6 Å². The van der Waals surface area contributed by atoms with Gasteiger partial charge in [-0.3, -0.25) is 0 Å². The second-order valence-corrected chi connectivity index (χ2v) is 3.36. The molecule has 1 heterocycles. The van der Waals surface area contributed by atoms with E-state index in [2.05, 4.69) is 4.98 Å². The highest BCUT2D eigenvalue weighted by Gasteiger charge is 2.42. The summed E-state index contributed by atoms with van der Waals surface area (Å²) in [5.74, 6) is 0.0638. The Balaban J connectivity index is 2.43. The molecule has 1 fully saturated rings. The number of nitrogens with zero attached hydrogens (tertiary/aromatic N) is 1. The Morgan fingerprint density at radius 1 is 1.62 bits per heavy atom. The van der Waals surface area contributed by atoms with Crippen LogP contribution in [0.15, 0.2) is 12.3 Å². The summed E-state index contributed by atoms with van der Waals surface area (Å²) in [5.41, 5.74) is 5.91. The maximum absolute atomic E-state index is 13.2. The van der Waals surface area contributed by atoms with E-state index in [1.165, 1.54) is 7.11 Å². The van der Waals surface area contributed by atoms with Crippen molar-refractivity contribution in [3.8, 4) is 5.88 Å². The zero-order chi connectivity index (χ0) is 9.47. The molecule has 70 valence electrons. The average Bonchev–Trinajstić information content (AvgIpc) is 2.86. The number of aromatic nitrogens is 1. The van der Waals surface area contributed by atoms with Crippen LogP contribution in [-0.4, -0.2) is 12.1 Å². The summed E-state index contributed by atoms with van der Waals surface area (Å²) in [6, 6.07) is 1.57. The molecule has 1 aliphatic rings. The van der Waals surface area contributed by atoms with E-state index in [1.54, 1.807) is 6.07 Å². The number of nitrogens with two attached hydrogens (primary N) is 1. The number of halogens is 1. The smallest absolute Gasteiger partial charge is 0.213 e. The van der Waals surface area contributed by atoms with Gasteiger partial charge in [0.15, 0.2) is 0 Å². The molecule has 2 rings (SSSR count). The minimum Gasteiger partial charge on any atom is -0.481 e. The van der Waals surface area contributed by atoms with Gasteiger partial charge in [0, 0.05) is 17.2 Å². The standard InChI is InChI=1S/C9H11FN2O/c1-13-8-4-6(7(10)5-12-8)9(11)2-3-9/h4-5H,2-3,11H2,1H3. The molecule has 0 saturated heterocycles. The highest BCUT2D eigenvalue weighted by molar-refractivity contribution is 5.33. The molecule has 13 heavy (non-hydrogen) atoms. The quantitative estimate of drug-likeness (QED) is 0.747. The first-order valence-corrected chi connectivity index (χ1v) is 4.14. The third kappa shape index (κ3) is 1.37. The molecule has 0 spiro atoms. The molecule has 0 unspecified atom stereocenters. The first-order valence-electron chi connectivity index (χ1n) is 4.14. The van der Waals surface area contributed by atoms with Crippen LogP contribution in [0.4, 0.5) is 4.39 Å². The molecule has 0 aromatic carbocycles. The summed E-state index contributed by atoms with van der Waals surface area (Å²) in [6.07, 6.45) is 2.81. The van der Waals surface area contributed by atoms with E-state index in [4.69, 9.17) is 10.5 Å². The Morgan fingerprint density at radius 2 is 2.31 bits per heavy atom. The normalized spacial score (nSPS) is 18.4. The molecule has 1 aromatic heterocycles. The number of methoxy groups -OCH3 is 1. The van der Waals surface area contributed by atoms with Crippen molar-refractivity contribution in [3.63, 3.8) is 0 Å². The predicted octanol–water partition coefficient (Wildman–Crippen LogP) is 1.18. The molecule has 0 bridgehead atoms. The fourth-order valence-electron chi connectivity index (χ4n) is 1.32. The Hall–Kier alpha value is -1.16. The number of rotatable bonds is 2. The average molecular weight is 182 g/mol. The molecular formula is C9H11FN2O. The van der Waals surface area contributed by atoms with Gasteiger partial charge < -0.3 is 10.5 Å². The summed E-state index contributed by atoms with van der Waals surface area (Å²) in [4.78, 5) is 3.75. The fraction of sp³-hybridized carbons (Fsp3) is 0.444. The first kappa shape index (κ1) is 8.44.